The minimum atomic E-state index is -3.73. The molecule has 0 unspecified atom stereocenters. The average Bonchev–Trinajstić information content (AvgIpc) is 2.52. The van der Waals surface area contributed by atoms with E-state index in [2.05, 4.69) is 4.72 Å². The molecule has 2 rings (SSSR count). The molecule has 0 fully saturated rings. The first-order valence-electron chi connectivity index (χ1n) is 7.82. The third kappa shape index (κ3) is 4.81. The van der Waals surface area contributed by atoms with Crippen molar-refractivity contribution in [2.45, 2.75) is 25.7 Å². The Morgan fingerprint density at radius 2 is 1.84 bits per heavy atom. The number of amides is 1. The van der Waals surface area contributed by atoms with Crippen LogP contribution in [0.3, 0.4) is 0 Å². The Hall–Kier alpha value is -1.89. The monoisotopic (exact) mass is 380 g/mol. The predicted molar refractivity (Wildman–Crippen MR) is 101 cm³/mol. The quantitative estimate of drug-likeness (QED) is 0.836. The topological polar surface area (TPSA) is 66.5 Å². The van der Waals surface area contributed by atoms with Gasteiger partial charge in [0.05, 0.1) is 5.02 Å². The first-order valence-corrected chi connectivity index (χ1v) is 9.68. The van der Waals surface area contributed by atoms with E-state index in [1.54, 1.807) is 17.0 Å². The van der Waals surface area contributed by atoms with Crippen molar-refractivity contribution in [3.63, 3.8) is 0 Å². The molecular weight excluding hydrogens is 360 g/mol. The van der Waals surface area contributed by atoms with Gasteiger partial charge in [0.1, 0.15) is 4.90 Å². The summed E-state index contributed by atoms with van der Waals surface area (Å²) in [5.41, 5.74) is 2.84. The van der Waals surface area contributed by atoms with Crippen LogP contribution in [0, 0.1) is 13.8 Å². The van der Waals surface area contributed by atoms with Crippen molar-refractivity contribution in [3.8, 4) is 0 Å². The fourth-order valence-electron chi connectivity index (χ4n) is 2.59. The molecule has 7 heteroatoms. The zero-order valence-electron chi connectivity index (χ0n) is 14.4. The second kappa shape index (κ2) is 7.99. The molecular formula is C18H21ClN2O3S. The minimum Gasteiger partial charge on any atom is -0.311 e. The van der Waals surface area contributed by atoms with Crippen LogP contribution in [-0.2, 0) is 14.8 Å². The number of benzene rings is 2. The van der Waals surface area contributed by atoms with E-state index in [4.69, 9.17) is 11.6 Å². The van der Waals surface area contributed by atoms with Gasteiger partial charge in [0.25, 0.3) is 0 Å². The van der Waals surface area contributed by atoms with Gasteiger partial charge in [0.2, 0.25) is 15.9 Å². The lowest BCUT2D eigenvalue weighted by molar-refractivity contribution is -0.116. The van der Waals surface area contributed by atoms with Crippen molar-refractivity contribution in [2.24, 2.45) is 0 Å². The lowest BCUT2D eigenvalue weighted by atomic mass is 10.1. The van der Waals surface area contributed by atoms with E-state index in [9.17, 15) is 13.2 Å². The van der Waals surface area contributed by atoms with Crippen LogP contribution in [0.25, 0.3) is 0 Å². The van der Waals surface area contributed by atoms with E-state index in [0.717, 1.165) is 16.8 Å². The number of nitrogens with one attached hydrogen (secondary N) is 1. The van der Waals surface area contributed by atoms with Crippen molar-refractivity contribution >= 4 is 33.2 Å². The zero-order valence-corrected chi connectivity index (χ0v) is 16.0. The van der Waals surface area contributed by atoms with Crippen LogP contribution in [0.5, 0.6) is 0 Å². The Kier molecular flexibility index (Phi) is 6.21. The van der Waals surface area contributed by atoms with Crippen LogP contribution in [0.1, 0.15) is 18.1 Å². The van der Waals surface area contributed by atoms with Gasteiger partial charge in [0.15, 0.2) is 0 Å². The number of halogens is 1. The highest BCUT2D eigenvalue weighted by atomic mass is 35.5. The number of hydrogen-bond acceptors (Lipinski definition) is 3. The molecule has 0 aliphatic rings. The largest absolute Gasteiger partial charge is 0.311 e. The highest BCUT2D eigenvalue weighted by molar-refractivity contribution is 7.89. The SMILES string of the molecule is CC(=O)N(CCNS(=O)(=O)c1ccccc1Cl)c1ccc(C)cc1C. The molecule has 1 N–H and O–H groups in total. The molecule has 0 radical (unpaired) electrons. The summed E-state index contributed by atoms with van der Waals surface area (Å²) in [5, 5.41) is 0.160. The van der Waals surface area contributed by atoms with Crippen LogP contribution >= 0.6 is 11.6 Å². The summed E-state index contributed by atoms with van der Waals surface area (Å²) in [6, 6.07) is 12.0. The maximum atomic E-state index is 12.4. The Morgan fingerprint density at radius 1 is 1.16 bits per heavy atom. The van der Waals surface area contributed by atoms with Gasteiger partial charge >= 0.3 is 0 Å². The van der Waals surface area contributed by atoms with Crippen LogP contribution < -0.4 is 9.62 Å². The maximum absolute atomic E-state index is 12.4. The van der Waals surface area contributed by atoms with Crippen molar-refractivity contribution in [3.05, 3.63) is 58.6 Å². The molecule has 0 aromatic heterocycles. The highest BCUT2D eigenvalue weighted by Crippen LogP contribution is 2.22. The number of rotatable bonds is 6. The fraction of sp³-hybridized carbons (Fsp3) is 0.278. The smallest absolute Gasteiger partial charge is 0.242 e. The molecule has 0 saturated heterocycles. The van der Waals surface area contributed by atoms with E-state index in [1.165, 1.54) is 19.1 Å². The van der Waals surface area contributed by atoms with E-state index in [-0.39, 0.29) is 28.9 Å². The third-order valence-electron chi connectivity index (χ3n) is 3.78. The van der Waals surface area contributed by atoms with Gasteiger partial charge in [-0.2, -0.15) is 0 Å². The van der Waals surface area contributed by atoms with E-state index < -0.39 is 10.0 Å². The molecule has 0 heterocycles. The minimum absolute atomic E-state index is 0.0255. The highest BCUT2D eigenvalue weighted by Gasteiger charge is 2.19. The molecule has 0 saturated carbocycles. The third-order valence-corrected chi connectivity index (χ3v) is 5.74. The lowest BCUT2D eigenvalue weighted by Crippen LogP contribution is -2.38. The van der Waals surface area contributed by atoms with Crippen LogP contribution in [0.2, 0.25) is 5.02 Å². The normalized spacial score (nSPS) is 11.4. The number of carbonyl (C=O) groups excluding carboxylic acids is 1. The van der Waals surface area contributed by atoms with Gasteiger partial charge in [-0.1, -0.05) is 41.4 Å². The van der Waals surface area contributed by atoms with Gasteiger partial charge in [-0.05, 0) is 37.6 Å². The number of sulfonamides is 1. The Bertz CT molecular complexity index is 882. The molecule has 134 valence electrons. The summed E-state index contributed by atoms with van der Waals surface area (Å²) >= 11 is 5.95. The Morgan fingerprint density at radius 3 is 2.44 bits per heavy atom. The first kappa shape index (κ1) is 19.4. The average molecular weight is 381 g/mol. The second-order valence-electron chi connectivity index (χ2n) is 5.79. The molecule has 0 atom stereocenters. The van der Waals surface area contributed by atoms with Gasteiger partial charge < -0.3 is 4.90 Å². The number of nitrogens with zero attached hydrogens (tertiary/aromatic N) is 1. The number of anilines is 1. The van der Waals surface area contributed by atoms with Crippen molar-refractivity contribution < 1.29 is 13.2 Å². The van der Waals surface area contributed by atoms with Crippen molar-refractivity contribution in [2.75, 3.05) is 18.0 Å². The fourth-order valence-corrected chi connectivity index (χ4v) is 4.13. The van der Waals surface area contributed by atoms with Gasteiger partial charge in [-0.15, -0.1) is 0 Å². The second-order valence-corrected chi connectivity index (χ2v) is 7.93. The van der Waals surface area contributed by atoms with Crippen LogP contribution in [0.4, 0.5) is 5.69 Å². The summed E-state index contributed by atoms with van der Waals surface area (Å²) in [6.45, 7) is 5.67. The van der Waals surface area contributed by atoms with Crippen molar-refractivity contribution in [1.82, 2.24) is 4.72 Å². The first-order chi connectivity index (χ1) is 11.7. The molecule has 0 aliphatic carbocycles. The van der Waals surface area contributed by atoms with Crippen LogP contribution in [0.15, 0.2) is 47.4 Å². The summed E-state index contributed by atoms with van der Waals surface area (Å²) in [7, 11) is -3.73. The molecule has 5 nitrogen and oxygen atoms in total. The molecule has 0 bridgehead atoms. The van der Waals surface area contributed by atoms with Gasteiger partial charge in [-0.3, -0.25) is 4.79 Å². The summed E-state index contributed by atoms with van der Waals surface area (Å²) < 4.78 is 27.2. The van der Waals surface area contributed by atoms with Gasteiger partial charge in [0, 0.05) is 25.7 Å². The summed E-state index contributed by atoms with van der Waals surface area (Å²) in [6.07, 6.45) is 0. The van der Waals surface area contributed by atoms with E-state index in [0.29, 0.717) is 0 Å². The van der Waals surface area contributed by atoms with E-state index in [1.807, 2.05) is 32.0 Å². The molecule has 1 amide bonds. The molecule has 2 aromatic rings. The van der Waals surface area contributed by atoms with E-state index >= 15 is 0 Å². The molecule has 2 aromatic carbocycles. The maximum Gasteiger partial charge on any atom is 0.242 e. The predicted octanol–water partition coefficient (Wildman–Crippen LogP) is 3.29. The lowest BCUT2D eigenvalue weighted by Gasteiger charge is -2.23. The summed E-state index contributed by atoms with van der Waals surface area (Å²) in [4.78, 5) is 13.6. The zero-order chi connectivity index (χ0) is 18.6. The molecule has 0 aliphatic heterocycles. The summed E-state index contributed by atoms with van der Waals surface area (Å²) in [5.74, 6) is -0.149. The standard InChI is InChI=1S/C18H21ClN2O3S/c1-13-8-9-17(14(2)12-13)21(15(3)22)11-10-20-25(23,24)18-7-5-4-6-16(18)19/h4-9,12,20H,10-11H2,1-3H3. The molecule has 25 heavy (non-hydrogen) atoms. The Balaban J connectivity index is 2.12. The number of hydrogen-bond donors (Lipinski definition) is 1. The van der Waals surface area contributed by atoms with Crippen molar-refractivity contribution in [1.29, 1.82) is 0 Å². The van der Waals surface area contributed by atoms with Gasteiger partial charge in [-0.25, -0.2) is 13.1 Å². The molecule has 0 spiro atoms. The van der Waals surface area contributed by atoms with Crippen LogP contribution in [-0.4, -0.2) is 27.4 Å². The Labute approximate surface area is 153 Å². The number of aryl methyl sites for hydroxylation is 2. The number of carbonyl (C=O) groups is 1.